The van der Waals surface area contributed by atoms with Crippen LogP contribution >= 0.6 is 0 Å². The van der Waals surface area contributed by atoms with Gasteiger partial charge in [0, 0.05) is 18.5 Å². The number of hydrogen-bond donors (Lipinski definition) is 0. The van der Waals surface area contributed by atoms with E-state index in [4.69, 9.17) is 9.72 Å². The SMILES string of the molecule is COc1ccc(Cc2nc3ccccc3n2CC(=O)N(C2CCCCC2)C2CCCCC2)cc1. The molecule has 0 aliphatic heterocycles. The van der Waals surface area contributed by atoms with Crippen molar-refractivity contribution in [2.75, 3.05) is 7.11 Å². The second-order valence-electron chi connectivity index (χ2n) is 10.0. The van der Waals surface area contributed by atoms with Gasteiger partial charge in [-0.25, -0.2) is 4.98 Å². The van der Waals surface area contributed by atoms with E-state index in [2.05, 4.69) is 27.7 Å². The van der Waals surface area contributed by atoms with Crippen LogP contribution < -0.4 is 4.74 Å². The average molecular weight is 460 g/mol. The Hall–Kier alpha value is -2.82. The number of benzene rings is 2. The third-order valence-electron chi connectivity index (χ3n) is 7.77. The van der Waals surface area contributed by atoms with Gasteiger partial charge in [-0.15, -0.1) is 0 Å². The van der Waals surface area contributed by atoms with Crippen LogP contribution in [0.3, 0.4) is 0 Å². The molecular formula is C29H37N3O2. The summed E-state index contributed by atoms with van der Waals surface area (Å²) in [5, 5.41) is 0. The highest BCUT2D eigenvalue weighted by Crippen LogP contribution is 2.31. The van der Waals surface area contributed by atoms with Gasteiger partial charge in [0.2, 0.25) is 5.91 Å². The van der Waals surface area contributed by atoms with Gasteiger partial charge in [0.1, 0.15) is 18.1 Å². The summed E-state index contributed by atoms with van der Waals surface area (Å²) in [7, 11) is 1.68. The van der Waals surface area contributed by atoms with Crippen LogP contribution in [0.2, 0.25) is 0 Å². The second-order valence-corrected chi connectivity index (χ2v) is 10.0. The summed E-state index contributed by atoms with van der Waals surface area (Å²) < 4.78 is 7.48. The number of ether oxygens (including phenoxy) is 1. The Morgan fingerprint density at radius 3 is 2.15 bits per heavy atom. The Morgan fingerprint density at radius 1 is 0.912 bits per heavy atom. The summed E-state index contributed by atoms with van der Waals surface area (Å²) in [5.41, 5.74) is 3.17. The standard InChI is InChI=1S/C29H37N3O2/c1-34-25-18-16-22(17-19-25)20-28-30-26-14-8-9-15-27(26)31(28)21-29(33)32(23-10-4-2-5-11-23)24-12-6-3-7-13-24/h8-9,14-19,23-24H,2-7,10-13,20-21H2,1H3. The molecule has 0 radical (unpaired) electrons. The monoisotopic (exact) mass is 459 g/mol. The highest BCUT2D eigenvalue weighted by molar-refractivity contribution is 5.81. The number of carbonyl (C=O) groups is 1. The van der Waals surface area contributed by atoms with Crippen LogP contribution in [0.4, 0.5) is 0 Å². The molecule has 1 aromatic heterocycles. The normalized spacial score (nSPS) is 17.7. The van der Waals surface area contributed by atoms with Crippen LogP contribution in [0.1, 0.15) is 75.6 Å². The molecule has 2 aliphatic carbocycles. The van der Waals surface area contributed by atoms with Crippen molar-refractivity contribution in [2.24, 2.45) is 0 Å². The Kier molecular flexibility index (Phi) is 7.17. The minimum Gasteiger partial charge on any atom is -0.497 e. The van der Waals surface area contributed by atoms with E-state index in [-0.39, 0.29) is 5.91 Å². The zero-order valence-corrected chi connectivity index (χ0v) is 20.4. The summed E-state index contributed by atoms with van der Waals surface area (Å²) in [6.07, 6.45) is 12.9. The molecule has 2 saturated carbocycles. The van der Waals surface area contributed by atoms with E-state index in [9.17, 15) is 4.79 Å². The largest absolute Gasteiger partial charge is 0.497 e. The zero-order valence-electron chi connectivity index (χ0n) is 20.4. The van der Waals surface area contributed by atoms with Crippen molar-refractivity contribution >= 4 is 16.9 Å². The first kappa shape index (κ1) is 22.9. The topological polar surface area (TPSA) is 47.4 Å². The van der Waals surface area contributed by atoms with Gasteiger partial charge in [-0.05, 0) is 55.5 Å². The van der Waals surface area contributed by atoms with Crippen LogP contribution in [0.25, 0.3) is 11.0 Å². The zero-order chi connectivity index (χ0) is 23.3. The lowest BCUT2D eigenvalue weighted by Crippen LogP contribution is -2.50. The number of amides is 1. The molecule has 180 valence electrons. The Bertz CT molecular complexity index is 1070. The maximum Gasteiger partial charge on any atom is 0.243 e. The van der Waals surface area contributed by atoms with Crippen LogP contribution in [0.15, 0.2) is 48.5 Å². The molecule has 1 heterocycles. The van der Waals surface area contributed by atoms with Crippen LogP contribution in [0, 0.1) is 0 Å². The lowest BCUT2D eigenvalue weighted by Gasteiger charge is -2.42. The molecule has 1 amide bonds. The first-order valence-electron chi connectivity index (χ1n) is 13.1. The van der Waals surface area contributed by atoms with Gasteiger partial charge in [0.25, 0.3) is 0 Å². The Balaban J connectivity index is 1.44. The predicted octanol–water partition coefficient (Wildman–Crippen LogP) is 6.13. The predicted molar refractivity (Wildman–Crippen MR) is 136 cm³/mol. The number of rotatable bonds is 7. The summed E-state index contributed by atoms with van der Waals surface area (Å²) >= 11 is 0. The molecule has 0 spiro atoms. The van der Waals surface area contributed by atoms with Gasteiger partial charge >= 0.3 is 0 Å². The second kappa shape index (κ2) is 10.6. The quantitative estimate of drug-likeness (QED) is 0.427. The van der Waals surface area contributed by atoms with Crippen LogP contribution in [0.5, 0.6) is 5.75 Å². The first-order valence-corrected chi connectivity index (χ1v) is 13.1. The molecule has 5 rings (SSSR count). The summed E-state index contributed by atoms with van der Waals surface area (Å²) in [6, 6.07) is 17.2. The molecule has 3 aromatic rings. The minimum absolute atomic E-state index is 0.276. The number of nitrogens with zero attached hydrogens (tertiary/aromatic N) is 3. The third-order valence-corrected chi connectivity index (χ3v) is 7.77. The van der Waals surface area contributed by atoms with Gasteiger partial charge in [0.05, 0.1) is 18.1 Å². The number of imidazole rings is 1. The fraction of sp³-hybridized carbons (Fsp3) is 0.517. The Labute approximate surface area is 203 Å². The molecule has 5 heteroatoms. The van der Waals surface area contributed by atoms with Crippen LogP contribution in [-0.4, -0.2) is 39.6 Å². The molecule has 5 nitrogen and oxygen atoms in total. The molecule has 2 aliphatic rings. The lowest BCUT2D eigenvalue weighted by atomic mass is 9.88. The number of hydrogen-bond acceptors (Lipinski definition) is 3. The van der Waals surface area contributed by atoms with Gasteiger partial charge in [-0.3, -0.25) is 4.79 Å². The van der Waals surface area contributed by atoms with E-state index >= 15 is 0 Å². The van der Waals surface area contributed by atoms with E-state index < -0.39 is 0 Å². The van der Waals surface area contributed by atoms with Gasteiger partial charge in [-0.2, -0.15) is 0 Å². The molecule has 0 unspecified atom stereocenters. The average Bonchev–Trinajstić information content (AvgIpc) is 3.22. The fourth-order valence-corrected chi connectivity index (χ4v) is 6.00. The van der Waals surface area contributed by atoms with E-state index in [0.29, 0.717) is 25.0 Å². The van der Waals surface area contributed by atoms with E-state index in [1.165, 1.54) is 44.1 Å². The molecule has 2 fully saturated rings. The molecule has 0 saturated heterocycles. The fourth-order valence-electron chi connectivity index (χ4n) is 6.00. The van der Waals surface area contributed by atoms with Gasteiger partial charge < -0.3 is 14.2 Å². The van der Waals surface area contributed by atoms with E-state index in [1.54, 1.807) is 7.11 Å². The number of aromatic nitrogens is 2. The molecule has 0 atom stereocenters. The summed E-state index contributed by atoms with van der Waals surface area (Å²) in [5.74, 6) is 2.08. The molecular weight excluding hydrogens is 422 g/mol. The summed E-state index contributed by atoms with van der Waals surface area (Å²) in [6.45, 7) is 0.374. The molecule has 0 N–H and O–H groups in total. The summed E-state index contributed by atoms with van der Waals surface area (Å²) in [4.78, 5) is 21.3. The highest BCUT2D eigenvalue weighted by atomic mass is 16.5. The highest BCUT2D eigenvalue weighted by Gasteiger charge is 2.33. The van der Waals surface area contributed by atoms with E-state index in [0.717, 1.165) is 48.3 Å². The maximum atomic E-state index is 14.0. The van der Waals surface area contributed by atoms with Crippen molar-refractivity contribution in [3.8, 4) is 5.75 Å². The molecule has 34 heavy (non-hydrogen) atoms. The van der Waals surface area contributed by atoms with Crippen molar-refractivity contribution in [1.29, 1.82) is 0 Å². The van der Waals surface area contributed by atoms with Gasteiger partial charge in [-0.1, -0.05) is 62.8 Å². The maximum absolute atomic E-state index is 14.0. The van der Waals surface area contributed by atoms with Gasteiger partial charge in [0.15, 0.2) is 0 Å². The van der Waals surface area contributed by atoms with Crippen molar-refractivity contribution in [1.82, 2.24) is 14.5 Å². The first-order chi connectivity index (χ1) is 16.7. The smallest absolute Gasteiger partial charge is 0.243 e. The number of carbonyl (C=O) groups excluding carboxylic acids is 1. The number of fused-ring (bicyclic) bond motifs is 1. The number of methoxy groups -OCH3 is 1. The van der Waals surface area contributed by atoms with Crippen molar-refractivity contribution in [3.63, 3.8) is 0 Å². The van der Waals surface area contributed by atoms with E-state index in [1.807, 2.05) is 30.3 Å². The van der Waals surface area contributed by atoms with Crippen LogP contribution in [-0.2, 0) is 17.8 Å². The Morgan fingerprint density at radius 2 is 1.53 bits per heavy atom. The lowest BCUT2D eigenvalue weighted by molar-refractivity contribution is -0.138. The third kappa shape index (κ3) is 4.98. The minimum atomic E-state index is 0.276. The van der Waals surface area contributed by atoms with Crippen molar-refractivity contribution in [2.45, 2.75) is 89.3 Å². The number of para-hydroxylation sites is 2. The van der Waals surface area contributed by atoms with Crippen molar-refractivity contribution < 1.29 is 9.53 Å². The van der Waals surface area contributed by atoms with Crippen molar-refractivity contribution in [3.05, 3.63) is 59.9 Å². The molecule has 0 bridgehead atoms. The molecule has 2 aromatic carbocycles.